The van der Waals surface area contributed by atoms with Crippen LogP contribution >= 0.6 is 47.2 Å². The number of thiocarbonyl (C=S) groups is 1. The van der Waals surface area contributed by atoms with Crippen molar-refractivity contribution in [1.29, 1.82) is 0 Å². The number of thioether (sulfide) groups is 1. The van der Waals surface area contributed by atoms with Crippen LogP contribution in [0.15, 0.2) is 47.4 Å². The van der Waals surface area contributed by atoms with Crippen LogP contribution in [-0.2, 0) is 11.0 Å². The quantitative estimate of drug-likeness (QED) is 0.402. The summed E-state index contributed by atoms with van der Waals surface area (Å²) in [5, 5.41) is 0.797. The molecule has 0 radical (unpaired) electrons. The van der Waals surface area contributed by atoms with Crippen molar-refractivity contribution in [2.24, 2.45) is 0 Å². The fourth-order valence-electron chi connectivity index (χ4n) is 2.27. The van der Waals surface area contributed by atoms with Crippen LogP contribution in [0.4, 0.5) is 18.9 Å². The highest BCUT2D eigenvalue weighted by molar-refractivity contribution is 8.27. The maximum atomic E-state index is 12.9. The van der Waals surface area contributed by atoms with Crippen LogP contribution in [0.2, 0.25) is 10.0 Å². The average Bonchev–Trinajstić information content (AvgIpc) is 2.83. The molecule has 2 aromatic rings. The Bertz CT molecular complexity index is 944. The molecule has 1 aliphatic rings. The molecule has 1 fully saturated rings. The molecular weight excluding hydrogens is 426 g/mol. The second-order valence-corrected chi connectivity index (χ2v) is 7.75. The topological polar surface area (TPSA) is 20.3 Å². The normalized spacial score (nSPS) is 16.7. The van der Waals surface area contributed by atoms with Crippen molar-refractivity contribution in [1.82, 2.24) is 0 Å². The standard InChI is InChI=1S/C17H8Cl2F3NOS2/c18-11-5-4-9(13(19)8-11)6-14-15(24)23(16(25)26-14)12-3-1-2-10(7-12)17(20,21)22/h1-8H. The Morgan fingerprint density at radius 3 is 2.50 bits per heavy atom. The minimum atomic E-state index is -4.51. The molecule has 1 saturated heterocycles. The molecule has 2 aromatic carbocycles. The van der Waals surface area contributed by atoms with Gasteiger partial charge in [-0.15, -0.1) is 0 Å². The van der Waals surface area contributed by atoms with Crippen LogP contribution in [0.1, 0.15) is 11.1 Å². The number of rotatable bonds is 2. The van der Waals surface area contributed by atoms with Gasteiger partial charge in [0.1, 0.15) is 0 Å². The second kappa shape index (κ2) is 7.23. The Balaban J connectivity index is 1.96. The van der Waals surface area contributed by atoms with E-state index in [2.05, 4.69) is 0 Å². The maximum absolute atomic E-state index is 12.9. The predicted octanol–water partition coefficient (Wildman–Crippen LogP) is 6.42. The van der Waals surface area contributed by atoms with Crippen molar-refractivity contribution < 1.29 is 18.0 Å². The SMILES string of the molecule is O=C1C(=Cc2ccc(Cl)cc2Cl)SC(=S)N1c1cccc(C(F)(F)F)c1. The highest BCUT2D eigenvalue weighted by Gasteiger charge is 2.36. The number of carbonyl (C=O) groups is 1. The molecule has 134 valence electrons. The smallest absolute Gasteiger partial charge is 0.268 e. The van der Waals surface area contributed by atoms with E-state index in [0.717, 1.165) is 28.8 Å². The number of anilines is 1. The fourth-order valence-corrected chi connectivity index (χ4v) is 4.02. The first-order valence-electron chi connectivity index (χ1n) is 7.07. The number of hydrogen-bond donors (Lipinski definition) is 0. The number of hydrogen-bond acceptors (Lipinski definition) is 3. The Hall–Kier alpha value is -1.54. The molecule has 1 heterocycles. The zero-order valence-corrected chi connectivity index (χ0v) is 15.8. The Labute approximate surface area is 166 Å². The summed E-state index contributed by atoms with van der Waals surface area (Å²) >= 11 is 18.1. The van der Waals surface area contributed by atoms with E-state index in [1.165, 1.54) is 24.3 Å². The summed E-state index contributed by atoms with van der Waals surface area (Å²) in [5.41, 5.74) is -0.234. The van der Waals surface area contributed by atoms with Crippen molar-refractivity contribution in [3.05, 3.63) is 68.5 Å². The highest BCUT2D eigenvalue weighted by Crippen LogP contribution is 2.39. The maximum Gasteiger partial charge on any atom is 0.416 e. The van der Waals surface area contributed by atoms with Crippen LogP contribution in [0.3, 0.4) is 0 Å². The van der Waals surface area contributed by atoms with E-state index in [1.807, 2.05) is 0 Å². The lowest BCUT2D eigenvalue weighted by Gasteiger charge is -2.16. The third-order valence-electron chi connectivity index (χ3n) is 3.47. The van der Waals surface area contributed by atoms with Gasteiger partial charge < -0.3 is 0 Å². The number of benzene rings is 2. The Kier molecular flexibility index (Phi) is 5.35. The van der Waals surface area contributed by atoms with Gasteiger partial charge in [-0.2, -0.15) is 13.2 Å². The number of alkyl halides is 3. The monoisotopic (exact) mass is 433 g/mol. The number of amides is 1. The lowest BCUT2D eigenvalue weighted by molar-refractivity contribution is -0.137. The third-order valence-corrected chi connectivity index (χ3v) is 5.34. The molecule has 0 aliphatic carbocycles. The van der Waals surface area contributed by atoms with Crippen LogP contribution in [-0.4, -0.2) is 10.2 Å². The Morgan fingerprint density at radius 1 is 1.12 bits per heavy atom. The number of nitrogens with zero attached hydrogens (tertiary/aromatic N) is 1. The molecule has 3 rings (SSSR count). The van der Waals surface area contributed by atoms with Crippen LogP contribution in [0, 0.1) is 0 Å². The third kappa shape index (κ3) is 3.91. The molecule has 2 nitrogen and oxygen atoms in total. The molecule has 26 heavy (non-hydrogen) atoms. The van der Waals surface area contributed by atoms with E-state index in [9.17, 15) is 18.0 Å². The summed E-state index contributed by atoms with van der Waals surface area (Å²) < 4.78 is 38.9. The van der Waals surface area contributed by atoms with Crippen LogP contribution in [0.5, 0.6) is 0 Å². The summed E-state index contributed by atoms with van der Waals surface area (Å²) in [6, 6.07) is 9.25. The van der Waals surface area contributed by atoms with Gasteiger partial charge in [-0.3, -0.25) is 9.69 Å². The summed E-state index contributed by atoms with van der Waals surface area (Å²) in [7, 11) is 0. The first-order chi connectivity index (χ1) is 12.2. The molecule has 0 aromatic heterocycles. The highest BCUT2D eigenvalue weighted by atomic mass is 35.5. The first-order valence-corrected chi connectivity index (χ1v) is 9.05. The number of halogens is 5. The summed E-state index contributed by atoms with van der Waals surface area (Å²) in [5.74, 6) is -0.509. The van der Waals surface area contributed by atoms with Crippen LogP contribution in [0.25, 0.3) is 6.08 Å². The zero-order chi connectivity index (χ0) is 19.1. The van der Waals surface area contributed by atoms with Gasteiger partial charge in [0, 0.05) is 10.0 Å². The Morgan fingerprint density at radius 2 is 1.85 bits per heavy atom. The summed E-state index contributed by atoms with van der Waals surface area (Å²) in [6.07, 6.45) is -2.98. The molecule has 0 saturated carbocycles. The van der Waals surface area contributed by atoms with Gasteiger partial charge in [-0.25, -0.2) is 0 Å². The molecule has 1 amide bonds. The van der Waals surface area contributed by atoms with Crippen molar-refractivity contribution in [2.45, 2.75) is 6.18 Å². The molecule has 0 spiro atoms. The molecule has 9 heteroatoms. The van der Waals surface area contributed by atoms with E-state index in [4.69, 9.17) is 35.4 Å². The molecular formula is C17H8Cl2F3NOS2. The largest absolute Gasteiger partial charge is 0.416 e. The molecule has 0 unspecified atom stereocenters. The van der Waals surface area contributed by atoms with Gasteiger partial charge in [-0.05, 0) is 42.0 Å². The second-order valence-electron chi connectivity index (χ2n) is 5.23. The van der Waals surface area contributed by atoms with Crippen LogP contribution < -0.4 is 4.90 Å². The van der Waals surface area contributed by atoms with Gasteiger partial charge in [0.25, 0.3) is 5.91 Å². The predicted molar refractivity (Wildman–Crippen MR) is 104 cm³/mol. The van der Waals surface area contributed by atoms with Gasteiger partial charge in [0.05, 0.1) is 16.2 Å². The molecule has 0 bridgehead atoms. The summed E-state index contributed by atoms with van der Waals surface area (Å²) in [6.45, 7) is 0. The minimum Gasteiger partial charge on any atom is -0.268 e. The van der Waals surface area contributed by atoms with E-state index in [1.54, 1.807) is 12.1 Å². The minimum absolute atomic E-state index is 0.0629. The number of carbonyl (C=O) groups excluding carboxylic acids is 1. The lowest BCUT2D eigenvalue weighted by atomic mass is 10.1. The molecule has 0 N–H and O–H groups in total. The zero-order valence-electron chi connectivity index (χ0n) is 12.7. The van der Waals surface area contributed by atoms with E-state index in [0.29, 0.717) is 15.6 Å². The van der Waals surface area contributed by atoms with Crippen molar-refractivity contribution in [3.8, 4) is 0 Å². The first kappa shape index (κ1) is 19.2. The van der Waals surface area contributed by atoms with Gasteiger partial charge >= 0.3 is 6.18 Å². The van der Waals surface area contributed by atoms with Gasteiger partial charge in [0.15, 0.2) is 4.32 Å². The average molecular weight is 434 g/mol. The molecule has 0 atom stereocenters. The van der Waals surface area contributed by atoms with Gasteiger partial charge in [0.2, 0.25) is 0 Å². The van der Waals surface area contributed by atoms with Crippen molar-refractivity contribution in [2.75, 3.05) is 4.90 Å². The van der Waals surface area contributed by atoms with E-state index >= 15 is 0 Å². The fraction of sp³-hybridized carbons (Fsp3) is 0.0588. The van der Waals surface area contributed by atoms with Gasteiger partial charge in [-0.1, -0.05) is 59.3 Å². The van der Waals surface area contributed by atoms with E-state index < -0.39 is 17.6 Å². The van der Waals surface area contributed by atoms with Crippen molar-refractivity contribution >= 4 is 69.2 Å². The molecule has 1 aliphatic heterocycles. The lowest BCUT2D eigenvalue weighted by Crippen LogP contribution is -2.27. The van der Waals surface area contributed by atoms with Crippen molar-refractivity contribution in [3.63, 3.8) is 0 Å². The summed E-state index contributed by atoms with van der Waals surface area (Å²) in [4.78, 5) is 14.0. The van der Waals surface area contributed by atoms with E-state index in [-0.39, 0.29) is 14.9 Å².